The third-order valence-corrected chi connectivity index (χ3v) is 4.67. The van der Waals surface area contributed by atoms with Gasteiger partial charge in [0.1, 0.15) is 11.8 Å². The maximum Gasteiger partial charge on any atom is 0.195 e. The number of benzene rings is 1. The van der Waals surface area contributed by atoms with Crippen LogP contribution in [0.1, 0.15) is 17.2 Å². The van der Waals surface area contributed by atoms with E-state index in [1.54, 1.807) is 18.7 Å². The Labute approximate surface area is 155 Å². The molecular formula is C20H17N5O2. The van der Waals surface area contributed by atoms with Gasteiger partial charge in [-0.15, -0.1) is 5.10 Å². The highest BCUT2D eigenvalue weighted by Crippen LogP contribution is 2.28. The number of rotatable bonds is 4. The summed E-state index contributed by atoms with van der Waals surface area (Å²) in [5.74, 6) is 1.18. The van der Waals surface area contributed by atoms with Crippen molar-refractivity contribution in [1.29, 1.82) is 0 Å². The smallest absolute Gasteiger partial charge is 0.195 e. The number of hydrogen-bond donors (Lipinski definition) is 0. The summed E-state index contributed by atoms with van der Waals surface area (Å²) in [7, 11) is 0. The Kier molecular flexibility index (Phi) is 3.99. The lowest BCUT2D eigenvalue weighted by molar-refractivity contribution is 0.0279. The number of fused-ring (bicyclic) bond motifs is 1. The molecule has 0 N–H and O–H groups in total. The SMILES string of the molecule is c1coc(-c2ncc(-c3cn(C[C@@H]4OCCc5ccccc54)nn3)cn2)c1. The number of aromatic nitrogens is 5. The van der Waals surface area contributed by atoms with E-state index in [0.29, 0.717) is 18.1 Å². The van der Waals surface area contributed by atoms with Crippen LogP contribution >= 0.6 is 0 Å². The second-order valence-corrected chi connectivity index (χ2v) is 6.41. The monoisotopic (exact) mass is 359 g/mol. The zero-order valence-electron chi connectivity index (χ0n) is 14.5. The summed E-state index contributed by atoms with van der Waals surface area (Å²) in [5, 5.41) is 8.50. The van der Waals surface area contributed by atoms with Crippen LogP contribution in [0, 0.1) is 0 Å². The van der Waals surface area contributed by atoms with Crippen molar-refractivity contribution in [3.05, 3.63) is 72.4 Å². The van der Waals surface area contributed by atoms with E-state index >= 15 is 0 Å². The molecule has 0 fully saturated rings. The van der Waals surface area contributed by atoms with Crippen LogP contribution in [0.4, 0.5) is 0 Å². The molecular weight excluding hydrogens is 342 g/mol. The van der Waals surface area contributed by atoms with Gasteiger partial charge in [-0.05, 0) is 29.7 Å². The Balaban J connectivity index is 1.35. The number of furan rings is 1. The van der Waals surface area contributed by atoms with Crippen LogP contribution in [0.2, 0.25) is 0 Å². The van der Waals surface area contributed by atoms with E-state index < -0.39 is 0 Å². The zero-order chi connectivity index (χ0) is 18.1. The molecule has 0 saturated carbocycles. The summed E-state index contributed by atoms with van der Waals surface area (Å²) in [5.41, 5.74) is 4.11. The largest absolute Gasteiger partial charge is 0.461 e. The fourth-order valence-electron chi connectivity index (χ4n) is 3.31. The maximum atomic E-state index is 5.96. The molecule has 0 amide bonds. The molecule has 1 aromatic carbocycles. The van der Waals surface area contributed by atoms with Gasteiger partial charge >= 0.3 is 0 Å². The van der Waals surface area contributed by atoms with E-state index in [1.165, 1.54) is 11.1 Å². The lowest BCUT2D eigenvalue weighted by atomic mass is 9.98. The second-order valence-electron chi connectivity index (χ2n) is 6.41. The molecule has 7 nitrogen and oxygen atoms in total. The first-order valence-electron chi connectivity index (χ1n) is 8.83. The van der Waals surface area contributed by atoms with Gasteiger partial charge in [-0.3, -0.25) is 0 Å². The van der Waals surface area contributed by atoms with Crippen molar-refractivity contribution in [1.82, 2.24) is 25.0 Å². The minimum absolute atomic E-state index is 0.0120. The van der Waals surface area contributed by atoms with E-state index in [-0.39, 0.29) is 6.10 Å². The van der Waals surface area contributed by atoms with Crippen LogP contribution in [-0.2, 0) is 17.7 Å². The predicted octanol–water partition coefficient (Wildman–Crippen LogP) is 3.31. The molecule has 0 aliphatic carbocycles. The molecule has 4 aromatic rings. The maximum absolute atomic E-state index is 5.96. The minimum atomic E-state index is -0.0120. The number of ether oxygens (including phenoxy) is 1. The fraction of sp³-hybridized carbons (Fsp3) is 0.200. The predicted molar refractivity (Wildman–Crippen MR) is 97.6 cm³/mol. The Morgan fingerprint density at radius 2 is 1.96 bits per heavy atom. The molecule has 0 unspecified atom stereocenters. The Morgan fingerprint density at radius 1 is 1.07 bits per heavy atom. The molecule has 27 heavy (non-hydrogen) atoms. The third kappa shape index (κ3) is 3.13. The second kappa shape index (κ2) is 6.77. The van der Waals surface area contributed by atoms with Crippen LogP contribution in [0.5, 0.6) is 0 Å². The van der Waals surface area contributed by atoms with E-state index in [0.717, 1.165) is 24.3 Å². The highest BCUT2D eigenvalue weighted by atomic mass is 16.5. The van der Waals surface area contributed by atoms with Crippen LogP contribution in [-0.4, -0.2) is 31.6 Å². The quantitative estimate of drug-likeness (QED) is 0.556. The Bertz CT molecular complexity index is 1040. The van der Waals surface area contributed by atoms with E-state index in [1.807, 2.05) is 29.1 Å². The number of nitrogens with zero attached hydrogens (tertiary/aromatic N) is 5. The molecule has 4 heterocycles. The normalized spacial score (nSPS) is 16.2. The molecule has 5 rings (SSSR count). The summed E-state index contributed by atoms with van der Waals surface area (Å²) in [6, 6.07) is 12.0. The van der Waals surface area contributed by atoms with Crippen molar-refractivity contribution in [2.75, 3.05) is 6.61 Å². The van der Waals surface area contributed by atoms with Gasteiger partial charge in [0, 0.05) is 18.0 Å². The summed E-state index contributed by atoms with van der Waals surface area (Å²) in [6.45, 7) is 1.35. The lowest BCUT2D eigenvalue weighted by Crippen LogP contribution is -2.20. The van der Waals surface area contributed by atoms with Crippen molar-refractivity contribution in [2.45, 2.75) is 19.1 Å². The van der Waals surface area contributed by atoms with E-state index in [9.17, 15) is 0 Å². The molecule has 1 aliphatic rings. The highest BCUT2D eigenvalue weighted by Gasteiger charge is 2.21. The van der Waals surface area contributed by atoms with Gasteiger partial charge < -0.3 is 9.15 Å². The zero-order valence-corrected chi connectivity index (χ0v) is 14.5. The average molecular weight is 359 g/mol. The van der Waals surface area contributed by atoms with Crippen LogP contribution in [0.15, 0.2) is 65.7 Å². The Morgan fingerprint density at radius 3 is 2.81 bits per heavy atom. The molecule has 0 spiro atoms. The van der Waals surface area contributed by atoms with Gasteiger partial charge in [0.15, 0.2) is 11.6 Å². The molecule has 7 heteroatoms. The summed E-state index contributed by atoms with van der Waals surface area (Å²) in [4.78, 5) is 8.69. The van der Waals surface area contributed by atoms with Crippen molar-refractivity contribution >= 4 is 0 Å². The van der Waals surface area contributed by atoms with Gasteiger partial charge in [0.2, 0.25) is 0 Å². The van der Waals surface area contributed by atoms with Gasteiger partial charge in [-0.1, -0.05) is 29.5 Å². The van der Waals surface area contributed by atoms with Crippen molar-refractivity contribution in [3.63, 3.8) is 0 Å². The first kappa shape index (κ1) is 15.9. The summed E-state index contributed by atoms with van der Waals surface area (Å²) < 4.78 is 13.1. The average Bonchev–Trinajstić information content (AvgIpc) is 3.41. The molecule has 1 atom stereocenters. The van der Waals surface area contributed by atoms with Crippen molar-refractivity contribution in [3.8, 4) is 22.8 Å². The molecule has 0 saturated heterocycles. The summed E-state index contributed by atoms with van der Waals surface area (Å²) >= 11 is 0. The molecule has 134 valence electrons. The third-order valence-electron chi connectivity index (χ3n) is 4.67. The molecule has 0 radical (unpaired) electrons. The van der Waals surface area contributed by atoms with Crippen molar-refractivity contribution < 1.29 is 9.15 Å². The standard InChI is InChI=1S/C20H17N5O2/c1-2-5-16-14(4-1)7-9-27-19(16)13-25-12-17(23-24-25)15-10-21-20(22-11-15)18-6-3-8-26-18/h1-6,8,10-12,19H,7,9,13H2/t19-/m0/s1. The van der Waals surface area contributed by atoms with Crippen LogP contribution in [0.25, 0.3) is 22.8 Å². The fourth-order valence-corrected chi connectivity index (χ4v) is 3.31. The topological polar surface area (TPSA) is 78.9 Å². The minimum Gasteiger partial charge on any atom is -0.461 e. The van der Waals surface area contributed by atoms with Crippen LogP contribution < -0.4 is 0 Å². The van der Waals surface area contributed by atoms with Crippen molar-refractivity contribution in [2.24, 2.45) is 0 Å². The van der Waals surface area contributed by atoms with Crippen LogP contribution in [0.3, 0.4) is 0 Å². The number of hydrogen-bond acceptors (Lipinski definition) is 6. The van der Waals surface area contributed by atoms with Gasteiger partial charge in [0.25, 0.3) is 0 Å². The van der Waals surface area contributed by atoms with E-state index in [2.05, 4.69) is 38.5 Å². The first-order chi connectivity index (χ1) is 13.4. The van der Waals surface area contributed by atoms with E-state index in [4.69, 9.17) is 9.15 Å². The Hall–Kier alpha value is -3.32. The molecule has 3 aromatic heterocycles. The van der Waals surface area contributed by atoms with Gasteiger partial charge in [-0.25, -0.2) is 14.6 Å². The molecule has 1 aliphatic heterocycles. The van der Waals surface area contributed by atoms with Gasteiger partial charge in [0.05, 0.1) is 25.6 Å². The van der Waals surface area contributed by atoms with Gasteiger partial charge in [-0.2, -0.15) is 0 Å². The molecule has 0 bridgehead atoms. The lowest BCUT2D eigenvalue weighted by Gasteiger charge is -2.25. The summed E-state index contributed by atoms with van der Waals surface area (Å²) in [6.07, 6.45) is 7.89. The first-order valence-corrected chi connectivity index (χ1v) is 8.83. The highest BCUT2D eigenvalue weighted by molar-refractivity contribution is 5.57.